The summed E-state index contributed by atoms with van der Waals surface area (Å²) < 4.78 is 28.8. The van der Waals surface area contributed by atoms with Gasteiger partial charge in [-0.15, -0.1) is 0 Å². The van der Waals surface area contributed by atoms with Crippen molar-refractivity contribution >= 4 is 34.1 Å². The Morgan fingerprint density at radius 3 is 2.68 bits per heavy atom. The van der Waals surface area contributed by atoms with Crippen molar-refractivity contribution in [1.82, 2.24) is 4.98 Å². The third-order valence-corrected chi connectivity index (χ3v) is 3.79. The number of aryl methyl sites for hydroxylation is 1. The van der Waals surface area contributed by atoms with Crippen LogP contribution in [0.4, 0.5) is 14.5 Å². The topological polar surface area (TPSA) is 51.2 Å². The monoisotopic (exact) mass is 362 g/mol. The number of carbonyl (C=O) groups excluding carboxylic acids is 1. The van der Waals surface area contributed by atoms with Crippen molar-refractivity contribution in [3.8, 4) is 5.75 Å². The number of alkyl halides is 2. The molecule has 1 aromatic heterocycles. The number of aromatic nitrogens is 1. The fraction of sp³-hybridized carbons (Fsp3) is 0.111. The molecule has 0 saturated heterocycles. The molecule has 128 valence electrons. The van der Waals surface area contributed by atoms with Crippen molar-refractivity contribution < 1.29 is 18.3 Å². The molecule has 0 aliphatic rings. The van der Waals surface area contributed by atoms with Crippen molar-refractivity contribution in [2.45, 2.75) is 13.5 Å². The molecule has 0 aliphatic heterocycles. The molecule has 3 aromatic rings. The van der Waals surface area contributed by atoms with E-state index < -0.39 is 6.61 Å². The zero-order valence-electron chi connectivity index (χ0n) is 13.1. The normalized spacial score (nSPS) is 10.9. The number of halogens is 3. The predicted octanol–water partition coefficient (Wildman–Crippen LogP) is 5.05. The second-order valence-electron chi connectivity index (χ2n) is 5.31. The van der Waals surface area contributed by atoms with Crippen LogP contribution >= 0.6 is 11.6 Å². The molecule has 0 spiro atoms. The van der Waals surface area contributed by atoms with Crippen LogP contribution in [0.2, 0.25) is 5.02 Å². The van der Waals surface area contributed by atoms with E-state index in [1.807, 2.05) is 24.3 Å². The summed E-state index contributed by atoms with van der Waals surface area (Å²) in [6, 6.07) is 13.1. The molecule has 0 radical (unpaired) electrons. The number of pyridine rings is 1. The summed E-state index contributed by atoms with van der Waals surface area (Å²) in [5.41, 5.74) is 2.26. The van der Waals surface area contributed by atoms with E-state index in [-0.39, 0.29) is 16.7 Å². The number of hydrogen-bond donors (Lipinski definition) is 1. The highest BCUT2D eigenvalue weighted by molar-refractivity contribution is 6.32. The van der Waals surface area contributed by atoms with E-state index in [9.17, 15) is 13.6 Å². The molecule has 2 aromatic carbocycles. The summed E-state index contributed by atoms with van der Waals surface area (Å²) in [7, 11) is 0. The molecule has 7 heteroatoms. The van der Waals surface area contributed by atoms with Gasteiger partial charge in [-0.05, 0) is 37.3 Å². The van der Waals surface area contributed by atoms with Crippen LogP contribution in [0.3, 0.4) is 0 Å². The van der Waals surface area contributed by atoms with Crippen LogP contribution in [-0.4, -0.2) is 17.5 Å². The van der Waals surface area contributed by atoms with Gasteiger partial charge in [-0.1, -0.05) is 29.8 Å². The minimum atomic E-state index is -2.97. The van der Waals surface area contributed by atoms with Crippen LogP contribution in [0.1, 0.15) is 16.1 Å². The maximum absolute atomic E-state index is 12.6. The average molecular weight is 363 g/mol. The van der Waals surface area contributed by atoms with Crippen molar-refractivity contribution in [2.75, 3.05) is 5.32 Å². The van der Waals surface area contributed by atoms with E-state index in [4.69, 9.17) is 11.6 Å². The van der Waals surface area contributed by atoms with Crippen LogP contribution in [0.15, 0.2) is 48.5 Å². The summed E-state index contributed by atoms with van der Waals surface area (Å²) in [6.07, 6.45) is 0. The number of benzene rings is 2. The summed E-state index contributed by atoms with van der Waals surface area (Å²) in [5.74, 6) is -0.500. The van der Waals surface area contributed by atoms with Crippen molar-refractivity contribution in [3.63, 3.8) is 0 Å². The zero-order chi connectivity index (χ0) is 18.0. The first-order valence-corrected chi connectivity index (χ1v) is 7.74. The first kappa shape index (κ1) is 17.1. The number of anilines is 1. The Kier molecular flexibility index (Phi) is 4.81. The molecule has 0 bridgehead atoms. The van der Waals surface area contributed by atoms with Gasteiger partial charge in [0.15, 0.2) is 0 Å². The first-order valence-electron chi connectivity index (χ1n) is 7.36. The Morgan fingerprint density at radius 1 is 1.20 bits per heavy atom. The number of carbonyl (C=O) groups is 1. The van der Waals surface area contributed by atoms with Crippen LogP contribution in [0.5, 0.6) is 5.75 Å². The quantitative estimate of drug-likeness (QED) is 0.706. The number of hydrogen-bond acceptors (Lipinski definition) is 3. The highest BCUT2D eigenvalue weighted by Crippen LogP contribution is 2.29. The van der Waals surface area contributed by atoms with Crippen LogP contribution in [0, 0.1) is 6.92 Å². The smallest absolute Gasteiger partial charge is 0.387 e. The molecule has 0 unspecified atom stereocenters. The Bertz CT molecular complexity index is 948. The zero-order valence-corrected chi connectivity index (χ0v) is 13.8. The van der Waals surface area contributed by atoms with Crippen molar-refractivity contribution in [2.24, 2.45) is 0 Å². The number of para-hydroxylation sites is 1. The third kappa shape index (κ3) is 3.85. The Morgan fingerprint density at radius 2 is 1.96 bits per heavy atom. The van der Waals surface area contributed by atoms with E-state index in [0.29, 0.717) is 27.8 Å². The lowest BCUT2D eigenvalue weighted by Gasteiger charge is -2.11. The number of nitrogens with zero attached hydrogens (tertiary/aromatic N) is 1. The van der Waals surface area contributed by atoms with E-state index >= 15 is 0 Å². The molecule has 4 nitrogen and oxygen atoms in total. The summed E-state index contributed by atoms with van der Waals surface area (Å²) >= 11 is 5.90. The number of fused-ring (bicyclic) bond motifs is 1. The highest BCUT2D eigenvalue weighted by atomic mass is 35.5. The van der Waals surface area contributed by atoms with Gasteiger partial charge in [0.05, 0.1) is 16.1 Å². The van der Waals surface area contributed by atoms with Crippen LogP contribution < -0.4 is 10.1 Å². The van der Waals surface area contributed by atoms with Gasteiger partial charge in [0.2, 0.25) is 0 Å². The molecule has 25 heavy (non-hydrogen) atoms. The number of rotatable bonds is 4. The fourth-order valence-electron chi connectivity index (χ4n) is 2.46. The molecular weight excluding hydrogens is 350 g/mol. The summed E-state index contributed by atoms with van der Waals surface area (Å²) in [6.45, 7) is -1.17. The van der Waals surface area contributed by atoms with Crippen LogP contribution in [0.25, 0.3) is 10.9 Å². The molecule has 1 heterocycles. The van der Waals surface area contributed by atoms with Crippen LogP contribution in [-0.2, 0) is 0 Å². The molecular formula is C18H13ClF2N2O2. The van der Waals surface area contributed by atoms with Gasteiger partial charge in [-0.2, -0.15) is 8.78 Å². The Labute approximate surface area is 147 Å². The lowest BCUT2D eigenvalue weighted by Crippen LogP contribution is -2.13. The van der Waals surface area contributed by atoms with Crippen molar-refractivity contribution in [1.29, 1.82) is 0 Å². The van der Waals surface area contributed by atoms with E-state index in [1.54, 1.807) is 13.0 Å². The van der Waals surface area contributed by atoms with E-state index in [2.05, 4.69) is 15.0 Å². The van der Waals surface area contributed by atoms with Gasteiger partial charge in [-0.3, -0.25) is 9.78 Å². The van der Waals surface area contributed by atoms with Gasteiger partial charge < -0.3 is 10.1 Å². The predicted molar refractivity (Wildman–Crippen MR) is 92.5 cm³/mol. The average Bonchev–Trinajstić information content (AvgIpc) is 2.56. The first-order chi connectivity index (χ1) is 11.9. The molecule has 3 rings (SSSR count). The number of nitrogens with one attached hydrogen (secondary N) is 1. The number of ether oxygens (including phenoxy) is 1. The second-order valence-corrected chi connectivity index (χ2v) is 5.71. The maximum atomic E-state index is 12.6. The third-order valence-electron chi connectivity index (χ3n) is 3.49. The summed E-state index contributed by atoms with van der Waals surface area (Å²) in [5, 5.41) is 3.40. The van der Waals surface area contributed by atoms with E-state index in [1.165, 1.54) is 18.2 Å². The Balaban J connectivity index is 1.89. The highest BCUT2D eigenvalue weighted by Gasteiger charge is 2.14. The lowest BCUT2D eigenvalue weighted by atomic mass is 10.1. The molecule has 0 atom stereocenters. The number of amides is 1. The SMILES string of the molecule is Cc1cc(C(=O)Nc2ccc(OC(F)F)c(Cl)c2)c2ccccc2n1. The Hall–Kier alpha value is -2.73. The van der Waals surface area contributed by atoms with Gasteiger partial charge in [-0.25, -0.2) is 0 Å². The van der Waals surface area contributed by atoms with Gasteiger partial charge in [0, 0.05) is 16.8 Å². The molecule has 1 N–H and O–H groups in total. The molecule has 0 fully saturated rings. The molecule has 1 amide bonds. The summed E-state index contributed by atoms with van der Waals surface area (Å²) in [4.78, 5) is 17.0. The molecule has 0 saturated carbocycles. The minimum absolute atomic E-state index is 0.0196. The van der Waals surface area contributed by atoms with Crippen molar-refractivity contribution in [3.05, 3.63) is 64.8 Å². The standard InChI is InChI=1S/C18H13ClF2N2O2/c1-10-8-13(12-4-2-3-5-15(12)22-10)17(24)23-11-6-7-16(14(19)9-11)25-18(20)21/h2-9,18H,1H3,(H,23,24). The second kappa shape index (κ2) is 7.03. The lowest BCUT2D eigenvalue weighted by molar-refractivity contribution is -0.0497. The van der Waals surface area contributed by atoms with Gasteiger partial charge in [0.25, 0.3) is 5.91 Å². The maximum Gasteiger partial charge on any atom is 0.387 e. The largest absolute Gasteiger partial charge is 0.433 e. The van der Waals surface area contributed by atoms with Gasteiger partial charge >= 0.3 is 6.61 Å². The molecule has 0 aliphatic carbocycles. The van der Waals surface area contributed by atoms with E-state index in [0.717, 1.165) is 0 Å². The minimum Gasteiger partial charge on any atom is -0.433 e. The fourth-order valence-corrected chi connectivity index (χ4v) is 2.69. The van der Waals surface area contributed by atoms with Gasteiger partial charge in [0.1, 0.15) is 5.75 Å².